The van der Waals surface area contributed by atoms with E-state index in [4.69, 9.17) is 10.5 Å². The molecule has 0 radical (unpaired) electrons. The SMILES string of the molecule is C=CC(=O)Nc1ccc(-c2c(-c3ccc(C(=O)NCC(F)(F)F)c(OC)c3)c3c(N)ncc(C#N)c3n2CCF)cc1. The van der Waals surface area contributed by atoms with Crippen LogP contribution in [0.15, 0.2) is 61.3 Å². The third kappa shape index (κ3) is 5.87. The normalized spacial score (nSPS) is 11.1. The third-order valence-electron chi connectivity index (χ3n) is 6.33. The molecule has 2 amide bonds. The van der Waals surface area contributed by atoms with E-state index in [0.717, 1.165) is 6.08 Å². The fraction of sp³-hybridized carbons (Fsp3) is 0.172. The summed E-state index contributed by atoms with van der Waals surface area (Å²) in [5, 5.41) is 14.6. The Kier molecular flexibility index (Phi) is 8.46. The zero-order valence-electron chi connectivity index (χ0n) is 22.2. The predicted octanol–water partition coefficient (Wildman–Crippen LogP) is 5.22. The van der Waals surface area contributed by atoms with Gasteiger partial charge in [-0.3, -0.25) is 9.59 Å². The molecule has 0 aliphatic carbocycles. The summed E-state index contributed by atoms with van der Waals surface area (Å²) in [6.07, 6.45) is -2.21. The zero-order chi connectivity index (χ0) is 30.6. The Labute approximate surface area is 237 Å². The van der Waals surface area contributed by atoms with Gasteiger partial charge in [-0.15, -0.1) is 0 Å². The molecule has 0 saturated heterocycles. The summed E-state index contributed by atoms with van der Waals surface area (Å²) >= 11 is 0. The number of nitrogen functional groups attached to an aromatic ring is 1. The van der Waals surface area contributed by atoms with Crippen molar-refractivity contribution in [2.75, 3.05) is 31.4 Å². The van der Waals surface area contributed by atoms with Crippen molar-refractivity contribution >= 4 is 34.2 Å². The summed E-state index contributed by atoms with van der Waals surface area (Å²) in [5.74, 6) is -1.41. The van der Waals surface area contributed by atoms with Gasteiger partial charge in [-0.2, -0.15) is 18.4 Å². The molecule has 2 aromatic heterocycles. The molecule has 4 aromatic rings. The van der Waals surface area contributed by atoms with Crippen LogP contribution in [0.4, 0.5) is 29.1 Å². The summed E-state index contributed by atoms with van der Waals surface area (Å²) in [6.45, 7) is 0.940. The Bertz CT molecular complexity index is 1720. The van der Waals surface area contributed by atoms with Crippen molar-refractivity contribution in [2.24, 2.45) is 0 Å². The van der Waals surface area contributed by atoms with Crippen LogP contribution in [0.25, 0.3) is 33.3 Å². The molecule has 0 spiro atoms. The minimum absolute atomic E-state index is 0.0324. The van der Waals surface area contributed by atoms with Gasteiger partial charge in [0.05, 0.1) is 41.4 Å². The molecule has 0 aliphatic rings. The number of aryl methyl sites for hydroxylation is 1. The van der Waals surface area contributed by atoms with Crippen molar-refractivity contribution in [1.82, 2.24) is 14.9 Å². The summed E-state index contributed by atoms with van der Waals surface area (Å²) in [6, 6.07) is 12.9. The van der Waals surface area contributed by atoms with Crippen molar-refractivity contribution in [3.05, 3.63) is 72.4 Å². The molecule has 2 aromatic carbocycles. The second-order valence-corrected chi connectivity index (χ2v) is 8.94. The maximum Gasteiger partial charge on any atom is 0.405 e. The number of ether oxygens (including phenoxy) is 1. The lowest BCUT2D eigenvalue weighted by molar-refractivity contribution is -0.123. The van der Waals surface area contributed by atoms with Gasteiger partial charge in [-0.05, 0) is 41.5 Å². The van der Waals surface area contributed by atoms with Gasteiger partial charge >= 0.3 is 6.18 Å². The standard InChI is InChI=1S/C29H24F4N6O3/c1-3-22(40)38-19-7-4-16(5-8-19)25-23(24-26(39(25)11-10-30)18(13-34)14-36-27(24)35)17-6-9-20(21(12-17)42-2)28(41)37-15-29(31,32)33/h3-9,12,14H,1,10-11,15H2,2H3,(H2,35,36)(H,37,41)(H,38,40). The molecule has 216 valence electrons. The molecule has 13 heteroatoms. The van der Waals surface area contributed by atoms with E-state index >= 15 is 0 Å². The lowest BCUT2D eigenvalue weighted by Crippen LogP contribution is -2.33. The minimum atomic E-state index is -4.61. The number of benzene rings is 2. The maximum atomic E-state index is 14.0. The van der Waals surface area contributed by atoms with E-state index in [9.17, 15) is 32.4 Å². The van der Waals surface area contributed by atoms with Crippen molar-refractivity contribution in [2.45, 2.75) is 12.7 Å². The van der Waals surface area contributed by atoms with Crippen LogP contribution in [0.2, 0.25) is 0 Å². The third-order valence-corrected chi connectivity index (χ3v) is 6.33. The van der Waals surface area contributed by atoms with Gasteiger partial charge in [-0.25, -0.2) is 9.37 Å². The van der Waals surface area contributed by atoms with E-state index in [1.165, 1.54) is 31.5 Å². The van der Waals surface area contributed by atoms with Crippen LogP contribution in [0, 0.1) is 11.3 Å². The monoisotopic (exact) mass is 580 g/mol. The van der Waals surface area contributed by atoms with E-state index in [1.807, 2.05) is 5.32 Å². The largest absolute Gasteiger partial charge is 0.496 e. The highest BCUT2D eigenvalue weighted by Crippen LogP contribution is 2.45. The van der Waals surface area contributed by atoms with E-state index in [-0.39, 0.29) is 29.2 Å². The minimum Gasteiger partial charge on any atom is -0.496 e. The first-order chi connectivity index (χ1) is 20.0. The van der Waals surface area contributed by atoms with Crippen LogP contribution in [0.1, 0.15) is 15.9 Å². The average molecular weight is 581 g/mol. The van der Waals surface area contributed by atoms with Gasteiger partial charge in [0.1, 0.15) is 30.9 Å². The highest BCUT2D eigenvalue weighted by molar-refractivity contribution is 6.11. The molecule has 0 saturated carbocycles. The number of pyridine rings is 1. The Morgan fingerprint density at radius 3 is 2.48 bits per heavy atom. The Balaban J connectivity index is 1.99. The van der Waals surface area contributed by atoms with Crippen molar-refractivity contribution in [3.63, 3.8) is 0 Å². The Morgan fingerprint density at radius 1 is 1.19 bits per heavy atom. The number of nitrogens with zero attached hydrogens (tertiary/aromatic N) is 3. The first kappa shape index (κ1) is 29.6. The van der Waals surface area contributed by atoms with E-state index in [2.05, 4.69) is 22.9 Å². The van der Waals surface area contributed by atoms with Crippen LogP contribution in [-0.2, 0) is 11.3 Å². The summed E-state index contributed by atoms with van der Waals surface area (Å²) in [5.41, 5.74) is 8.91. The van der Waals surface area contributed by atoms with Crippen LogP contribution in [0.5, 0.6) is 5.75 Å². The number of nitriles is 1. The molecule has 0 fully saturated rings. The lowest BCUT2D eigenvalue weighted by Gasteiger charge is -2.15. The lowest BCUT2D eigenvalue weighted by atomic mass is 9.96. The molecule has 4 rings (SSSR count). The summed E-state index contributed by atoms with van der Waals surface area (Å²) in [4.78, 5) is 28.4. The van der Waals surface area contributed by atoms with Crippen LogP contribution in [0.3, 0.4) is 0 Å². The molecular weight excluding hydrogens is 556 g/mol. The second-order valence-electron chi connectivity index (χ2n) is 8.94. The molecule has 0 aliphatic heterocycles. The number of fused-ring (bicyclic) bond motifs is 1. The number of nitrogens with two attached hydrogens (primary N) is 1. The number of carbonyl (C=O) groups excluding carboxylic acids is 2. The first-order valence-corrected chi connectivity index (χ1v) is 12.4. The number of aromatic nitrogens is 2. The number of rotatable bonds is 9. The topological polar surface area (TPSA) is 135 Å². The number of halogens is 4. The maximum absolute atomic E-state index is 14.0. The number of hydrogen-bond acceptors (Lipinski definition) is 6. The Hall–Kier alpha value is -5.38. The average Bonchev–Trinajstić information content (AvgIpc) is 3.31. The highest BCUT2D eigenvalue weighted by Gasteiger charge is 2.29. The van der Waals surface area contributed by atoms with Gasteiger partial charge in [0.15, 0.2) is 0 Å². The number of methoxy groups -OCH3 is 1. The van der Waals surface area contributed by atoms with Crippen LogP contribution >= 0.6 is 0 Å². The fourth-order valence-corrected chi connectivity index (χ4v) is 4.59. The molecule has 2 heterocycles. The van der Waals surface area contributed by atoms with Crippen molar-refractivity contribution in [3.8, 4) is 34.2 Å². The second kappa shape index (κ2) is 12.0. The molecule has 0 atom stereocenters. The smallest absolute Gasteiger partial charge is 0.405 e. The zero-order valence-corrected chi connectivity index (χ0v) is 22.2. The van der Waals surface area contributed by atoms with E-state index < -0.39 is 31.2 Å². The number of carbonyl (C=O) groups is 2. The molecule has 9 nitrogen and oxygen atoms in total. The summed E-state index contributed by atoms with van der Waals surface area (Å²) < 4.78 is 59.0. The molecular formula is C29H24F4N6O3. The number of alkyl halides is 4. The van der Waals surface area contributed by atoms with Gasteiger partial charge in [-0.1, -0.05) is 24.8 Å². The van der Waals surface area contributed by atoms with Gasteiger partial charge in [0.2, 0.25) is 5.91 Å². The predicted molar refractivity (Wildman–Crippen MR) is 149 cm³/mol. The van der Waals surface area contributed by atoms with Crippen LogP contribution in [-0.4, -0.2) is 47.9 Å². The quantitative estimate of drug-likeness (QED) is 0.184. The summed E-state index contributed by atoms with van der Waals surface area (Å²) in [7, 11) is 1.26. The number of hydrogen-bond donors (Lipinski definition) is 3. The van der Waals surface area contributed by atoms with Gasteiger partial charge in [0, 0.05) is 17.4 Å². The molecule has 0 bridgehead atoms. The van der Waals surface area contributed by atoms with Crippen molar-refractivity contribution < 1.29 is 31.9 Å². The van der Waals surface area contributed by atoms with Crippen LogP contribution < -0.4 is 21.1 Å². The van der Waals surface area contributed by atoms with Gasteiger partial charge in [0.25, 0.3) is 5.91 Å². The van der Waals surface area contributed by atoms with Crippen molar-refractivity contribution in [1.29, 1.82) is 5.26 Å². The molecule has 4 N–H and O–H groups in total. The Morgan fingerprint density at radius 2 is 1.88 bits per heavy atom. The highest BCUT2D eigenvalue weighted by atomic mass is 19.4. The first-order valence-electron chi connectivity index (χ1n) is 12.4. The number of anilines is 2. The van der Waals surface area contributed by atoms with Gasteiger partial charge < -0.3 is 25.7 Å². The van der Waals surface area contributed by atoms with E-state index in [0.29, 0.717) is 39.0 Å². The fourth-order valence-electron chi connectivity index (χ4n) is 4.59. The van der Waals surface area contributed by atoms with E-state index in [1.54, 1.807) is 28.8 Å². The molecule has 0 unspecified atom stereocenters. The number of nitrogens with one attached hydrogen (secondary N) is 2. The number of amides is 2. The molecule has 42 heavy (non-hydrogen) atoms.